The van der Waals surface area contributed by atoms with Gasteiger partial charge in [0.25, 0.3) is 0 Å². The summed E-state index contributed by atoms with van der Waals surface area (Å²) in [5, 5.41) is 18.8. The first kappa shape index (κ1) is 15.1. The van der Waals surface area contributed by atoms with Gasteiger partial charge in [-0.1, -0.05) is 19.8 Å². The Labute approximate surface area is 121 Å². The molecule has 1 heterocycles. The van der Waals surface area contributed by atoms with E-state index in [1.165, 1.54) is 18.2 Å². The third-order valence-electron chi connectivity index (χ3n) is 3.32. The number of phenols is 1. The summed E-state index contributed by atoms with van der Waals surface area (Å²) in [5.74, 6) is -0.603. The van der Waals surface area contributed by atoms with Crippen molar-refractivity contribution in [1.82, 2.24) is 0 Å². The molecular weight excluding hydrogens is 272 g/mol. The second-order valence-corrected chi connectivity index (χ2v) is 5.08. The van der Waals surface area contributed by atoms with Crippen LogP contribution in [-0.4, -0.2) is 16.2 Å². The van der Waals surface area contributed by atoms with Gasteiger partial charge in [-0.05, 0) is 18.1 Å². The lowest BCUT2D eigenvalue weighted by Crippen LogP contribution is -2.08. The van der Waals surface area contributed by atoms with Crippen molar-refractivity contribution in [3.8, 4) is 5.75 Å². The van der Waals surface area contributed by atoms with Crippen LogP contribution in [0.2, 0.25) is 0 Å². The van der Waals surface area contributed by atoms with Gasteiger partial charge in [0.05, 0.1) is 11.8 Å². The van der Waals surface area contributed by atoms with Gasteiger partial charge in [0, 0.05) is 18.6 Å². The van der Waals surface area contributed by atoms with Crippen LogP contribution in [0.5, 0.6) is 5.75 Å². The molecule has 0 aliphatic rings. The molecule has 2 rings (SSSR count). The second-order valence-electron chi connectivity index (χ2n) is 5.08. The second kappa shape index (κ2) is 6.43. The van der Waals surface area contributed by atoms with Crippen molar-refractivity contribution in [1.29, 1.82) is 0 Å². The Bertz CT molecular complexity index is 714. The number of hydrogen-bond donors (Lipinski definition) is 2. The van der Waals surface area contributed by atoms with E-state index in [9.17, 15) is 14.7 Å². The number of rotatable bonds is 6. The predicted octanol–water partition coefficient (Wildman–Crippen LogP) is 2.86. The lowest BCUT2D eigenvalue weighted by atomic mass is 10.0. The molecule has 2 aromatic rings. The Kier molecular flexibility index (Phi) is 4.62. The third-order valence-corrected chi connectivity index (χ3v) is 3.32. The van der Waals surface area contributed by atoms with Crippen molar-refractivity contribution in [3.63, 3.8) is 0 Å². The lowest BCUT2D eigenvalue weighted by molar-refractivity contribution is -0.136. The smallest absolute Gasteiger partial charge is 0.307 e. The van der Waals surface area contributed by atoms with Gasteiger partial charge in [0.15, 0.2) is 5.43 Å². The molecule has 1 aromatic carbocycles. The molecule has 2 N–H and O–H groups in total. The summed E-state index contributed by atoms with van der Waals surface area (Å²) in [6.45, 7) is 2.09. The molecule has 0 saturated carbocycles. The average molecular weight is 290 g/mol. The maximum atomic E-state index is 12.2. The molecule has 0 spiro atoms. The molecule has 21 heavy (non-hydrogen) atoms. The molecule has 0 atom stereocenters. The van der Waals surface area contributed by atoms with Crippen molar-refractivity contribution in [2.24, 2.45) is 0 Å². The average Bonchev–Trinajstić information content (AvgIpc) is 2.37. The van der Waals surface area contributed by atoms with E-state index in [2.05, 4.69) is 6.92 Å². The van der Waals surface area contributed by atoms with E-state index in [0.717, 1.165) is 19.3 Å². The van der Waals surface area contributed by atoms with Crippen molar-refractivity contribution in [2.75, 3.05) is 0 Å². The Hall–Kier alpha value is -2.30. The van der Waals surface area contributed by atoms with Crippen LogP contribution in [-0.2, 0) is 17.6 Å². The number of aryl methyl sites for hydroxylation is 1. The minimum Gasteiger partial charge on any atom is -0.508 e. The molecule has 1 aromatic heterocycles. The van der Waals surface area contributed by atoms with E-state index >= 15 is 0 Å². The Morgan fingerprint density at radius 1 is 1.24 bits per heavy atom. The van der Waals surface area contributed by atoms with Crippen LogP contribution in [0.4, 0.5) is 0 Å². The molecule has 5 nitrogen and oxygen atoms in total. The van der Waals surface area contributed by atoms with Crippen molar-refractivity contribution >= 4 is 16.9 Å². The molecule has 0 unspecified atom stereocenters. The fourth-order valence-corrected chi connectivity index (χ4v) is 2.38. The molecule has 112 valence electrons. The number of fused-ring (bicyclic) bond motifs is 1. The van der Waals surface area contributed by atoms with Gasteiger partial charge in [-0.15, -0.1) is 0 Å². The summed E-state index contributed by atoms with van der Waals surface area (Å²) in [7, 11) is 0. The largest absolute Gasteiger partial charge is 0.508 e. The van der Waals surface area contributed by atoms with E-state index in [4.69, 9.17) is 9.52 Å². The normalized spacial score (nSPS) is 10.9. The molecular formula is C16H18O5. The quantitative estimate of drug-likeness (QED) is 0.799. The summed E-state index contributed by atoms with van der Waals surface area (Å²) < 4.78 is 5.64. The molecule has 0 aliphatic heterocycles. The monoisotopic (exact) mass is 290 g/mol. The van der Waals surface area contributed by atoms with Gasteiger partial charge in [-0.3, -0.25) is 9.59 Å². The fourth-order valence-electron chi connectivity index (χ4n) is 2.38. The number of aromatic hydroxyl groups is 1. The van der Waals surface area contributed by atoms with Crippen molar-refractivity contribution in [2.45, 2.75) is 39.0 Å². The van der Waals surface area contributed by atoms with E-state index in [-0.39, 0.29) is 34.1 Å². The number of carbonyl (C=O) groups is 1. The summed E-state index contributed by atoms with van der Waals surface area (Å²) >= 11 is 0. The van der Waals surface area contributed by atoms with Crippen LogP contribution in [0.3, 0.4) is 0 Å². The third kappa shape index (κ3) is 3.62. The van der Waals surface area contributed by atoms with E-state index in [1.54, 1.807) is 0 Å². The van der Waals surface area contributed by atoms with Crippen LogP contribution in [0.1, 0.15) is 37.5 Å². The van der Waals surface area contributed by atoms with Crippen LogP contribution < -0.4 is 5.43 Å². The minimum atomic E-state index is -1.06. The van der Waals surface area contributed by atoms with Gasteiger partial charge in [0.2, 0.25) is 0 Å². The summed E-state index contributed by atoms with van der Waals surface area (Å²) in [4.78, 5) is 23.1. The summed E-state index contributed by atoms with van der Waals surface area (Å²) in [6.07, 6.45) is 3.37. The number of hydrogen-bond acceptors (Lipinski definition) is 4. The lowest BCUT2D eigenvalue weighted by Gasteiger charge is -2.07. The Morgan fingerprint density at radius 3 is 2.67 bits per heavy atom. The van der Waals surface area contributed by atoms with Gasteiger partial charge < -0.3 is 14.6 Å². The number of benzene rings is 1. The Morgan fingerprint density at radius 2 is 2.00 bits per heavy atom. The number of unbranched alkanes of at least 4 members (excludes halogenated alkanes) is 2. The fraction of sp³-hybridized carbons (Fsp3) is 0.375. The van der Waals surface area contributed by atoms with Crippen molar-refractivity contribution in [3.05, 3.63) is 39.7 Å². The number of phenolic OH excluding ortho intramolecular Hbond substituents is 1. The number of aliphatic carboxylic acids is 1. The van der Waals surface area contributed by atoms with Crippen molar-refractivity contribution < 1.29 is 19.4 Å². The van der Waals surface area contributed by atoms with E-state index in [1.807, 2.05) is 0 Å². The van der Waals surface area contributed by atoms with E-state index < -0.39 is 5.97 Å². The van der Waals surface area contributed by atoms with Crippen LogP contribution in [0, 0.1) is 0 Å². The first-order valence-corrected chi connectivity index (χ1v) is 7.01. The first-order chi connectivity index (χ1) is 10.0. The zero-order valence-electron chi connectivity index (χ0n) is 11.9. The van der Waals surface area contributed by atoms with Crippen LogP contribution in [0.15, 0.2) is 27.4 Å². The van der Waals surface area contributed by atoms with E-state index in [0.29, 0.717) is 12.2 Å². The molecule has 0 fully saturated rings. The Balaban J connectivity index is 2.49. The molecule has 0 amide bonds. The number of carboxylic acids is 1. The van der Waals surface area contributed by atoms with Gasteiger partial charge in [-0.25, -0.2) is 0 Å². The highest BCUT2D eigenvalue weighted by molar-refractivity contribution is 5.86. The highest BCUT2D eigenvalue weighted by atomic mass is 16.4. The summed E-state index contributed by atoms with van der Waals surface area (Å²) in [5.41, 5.74) is 0.246. The first-order valence-electron chi connectivity index (χ1n) is 7.01. The zero-order valence-corrected chi connectivity index (χ0v) is 11.9. The highest BCUT2D eigenvalue weighted by Gasteiger charge is 2.13. The molecule has 0 aliphatic carbocycles. The topological polar surface area (TPSA) is 87.7 Å². The SMILES string of the molecule is CCCCCc1cc(=O)c2c(CC(=O)O)cc(O)cc2o1. The molecule has 0 saturated heterocycles. The number of carboxylic acid groups (broad SMARTS) is 1. The molecule has 0 radical (unpaired) electrons. The van der Waals surface area contributed by atoms with Gasteiger partial charge in [-0.2, -0.15) is 0 Å². The standard InChI is InChI=1S/C16H18O5/c1-2-3-4-5-12-9-13(18)16-10(7-15(19)20)6-11(17)8-14(16)21-12/h6,8-9,17H,2-5,7H2,1H3,(H,19,20). The highest BCUT2D eigenvalue weighted by Crippen LogP contribution is 2.24. The van der Waals surface area contributed by atoms with Crippen LogP contribution in [0.25, 0.3) is 11.0 Å². The maximum absolute atomic E-state index is 12.2. The predicted molar refractivity (Wildman–Crippen MR) is 78.7 cm³/mol. The van der Waals surface area contributed by atoms with Gasteiger partial charge in [0.1, 0.15) is 17.1 Å². The minimum absolute atomic E-state index is 0.104. The molecule has 0 bridgehead atoms. The van der Waals surface area contributed by atoms with Crippen LogP contribution >= 0.6 is 0 Å². The summed E-state index contributed by atoms with van der Waals surface area (Å²) in [6, 6.07) is 4.07. The maximum Gasteiger partial charge on any atom is 0.307 e. The molecule has 5 heteroatoms. The van der Waals surface area contributed by atoms with Gasteiger partial charge >= 0.3 is 5.97 Å². The zero-order chi connectivity index (χ0) is 15.4.